The highest BCUT2D eigenvalue weighted by Gasteiger charge is 2.34. The van der Waals surface area contributed by atoms with Gasteiger partial charge in [-0.3, -0.25) is 19.1 Å². The van der Waals surface area contributed by atoms with Gasteiger partial charge in [0.15, 0.2) is 0 Å². The normalized spacial score (nSPS) is 13.0. The number of nitro benzene ring substituents is 1. The molecule has 0 saturated carbocycles. The van der Waals surface area contributed by atoms with Crippen LogP contribution in [0.5, 0.6) is 0 Å². The van der Waals surface area contributed by atoms with E-state index in [-0.39, 0.29) is 11.1 Å². The Labute approximate surface area is 171 Å². The molecule has 0 aliphatic carbocycles. The number of rotatable bonds is 5. The Kier molecular flexibility index (Phi) is 6.76. The molecule has 1 atom stereocenters. The van der Waals surface area contributed by atoms with Gasteiger partial charge in [0.05, 0.1) is 37.6 Å². The van der Waals surface area contributed by atoms with Crippen molar-refractivity contribution in [2.45, 2.75) is 17.2 Å². The maximum absolute atomic E-state index is 12.8. The van der Waals surface area contributed by atoms with Gasteiger partial charge >= 0.3 is 12.4 Å². The first-order valence-corrected chi connectivity index (χ1v) is 9.30. The molecule has 0 heterocycles. The van der Waals surface area contributed by atoms with Crippen LogP contribution in [0.3, 0.4) is 0 Å². The largest absolute Gasteiger partial charge is 0.416 e. The number of nitrogens with one attached hydrogen (secondary N) is 1. The molecule has 0 saturated heterocycles. The van der Waals surface area contributed by atoms with Crippen LogP contribution < -0.4 is 5.32 Å². The Morgan fingerprint density at radius 3 is 2.10 bits per heavy atom. The predicted octanol–water partition coefficient (Wildman–Crippen LogP) is 5.03. The van der Waals surface area contributed by atoms with E-state index in [0.717, 1.165) is 6.07 Å². The summed E-state index contributed by atoms with van der Waals surface area (Å²) in [6.45, 7) is 0. The van der Waals surface area contributed by atoms with Crippen molar-refractivity contribution in [3.63, 3.8) is 0 Å². The average molecular weight is 475 g/mol. The highest BCUT2D eigenvalue weighted by atomic mass is 35.5. The van der Waals surface area contributed by atoms with Crippen molar-refractivity contribution in [3.05, 3.63) is 62.7 Å². The number of amides is 1. The third-order valence-electron chi connectivity index (χ3n) is 3.56. The minimum atomic E-state index is -4.89. The molecule has 2 aromatic carbocycles. The Morgan fingerprint density at radius 2 is 1.57 bits per heavy atom. The highest BCUT2D eigenvalue weighted by molar-refractivity contribution is 7.86. The van der Waals surface area contributed by atoms with E-state index >= 15 is 0 Å². The predicted molar refractivity (Wildman–Crippen MR) is 94.5 cm³/mol. The number of nitro groups is 1. The van der Waals surface area contributed by atoms with Crippen molar-refractivity contribution >= 4 is 39.7 Å². The summed E-state index contributed by atoms with van der Waals surface area (Å²) in [5.41, 5.74) is -4.04. The first-order chi connectivity index (χ1) is 13.7. The lowest BCUT2D eigenvalue weighted by molar-refractivity contribution is -0.388. The van der Waals surface area contributed by atoms with Crippen LogP contribution in [0.4, 0.5) is 37.7 Å². The fourth-order valence-corrected chi connectivity index (χ4v) is 3.43. The molecule has 1 amide bonds. The van der Waals surface area contributed by atoms with Crippen LogP contribution in [-0.4, -0.2) is 20.8 Å². The number of benzene rings is 2. The second-order valence-corrected chi connectivity index (χ2v) is 7.49. The number of nitrogens with zero attached hydrogens (tertiary/aromatic N) is 1. The highest BCUT2D eigenvalue weighted by Crippen LogP contribution is 2.35. The zero-order valence-electron chi connectivity index (χ0n) is 14.3. The zero-order chi connectivity index (χ0) is 22.9. The van der Waals surface area contributed by atoms with Gasteiger partial charge in [-0.15, -0.1) is 0 Å². The fourth-order valence-electron chi connectivity index (χ4n) is 2.21. The quantitative estimate of drug-likeness (QED) is 0.374. The molecule has 1 N–H and O–H groups in total. The summed E-state index contributed by atoms with van der Waals surface area (Å²) in [4.78, 5) is 21.2. The van der Waals surface area contributed by atoms with Crippen LogP contribution >= 0.6 is 11.6 Å². The van der Waals surface area contributed by atoms with Crippen LogP contribution in [-0.2, 0) is 27.9 Å². The number of hydrogen-bond acceptors (Lipinski definition) is 4. The summed E-state index contributed by atoms with van der Waals surface area (Å²) in [7, 11) is -2.47. The summed E-state index contributed by atoms with van der Waals surface area (Å²) in [5, 5.41) is 12.8. The van der Waals surface area contributed by atoms with E-state index < -0.39 is 67.1 Å². The lowest BCUT2D eigenvalue weighted by Crippen LogP contribution is -2.21. The second kappa shape index (κ2) is 8.60. The number of carbonyl (C=O) groups is 1. The molecule has 14 heteroatoms. The maximum Gasteiger partial charge on any atom is 0.416 e. The number of alkyl halides is 6. The van der Waals surface area contributed by atoms with E-state index in [0.29, 0.717) is 24.3 Å². The van der Waals surface area contributed by atoms with Gasteiger partial charge in [0.25, 0.3) is 5.69 Å². The molecule has 0 spiro atoms. The topological polar surface area (TPSA) is 89.3 Å². The van der Waals surface area contributed by atoms with Crippen molar-refractivity contribution in [1.82, 2.24) is 0 Å². The molecular weight excluding hydrogens is 466 g/mol. The first kappa shape index (κ1) is 23.6. The average Bonchev–Trinajstić information content (AvgIpc) is 2.61. The van der Waals surface area contributed by atoms with Crippen LogP contribution in [0.1, 0.15) is 11.1 Å². The third-order valence-corrected chi connectivity index (χ3v) is 5.25. The van der Waals surface area contributed by atoms with Crippen LogP contribution in [0, 0.1) is 10.1 Å². The number of halogens is 7. The van der Waals surface area contributed by atoms with Crippen molar-refractivity contribution in [2.75, 3.05) is 11.1 Å². The minimum Gasteiger partial charge on any atom is -0.324 e. The summed E-state index contributed by atoms with van der Waals surface area (Å²) in [6.07, 6.45) is -9.61. The zero-order valence-corrected chi connectivity index (χ0v) is 15.9. The molecule has 0 aromatic heterocycles. The van der Waals surface area contributed by atoms with Crippen LogP contribution in [0.25, 0.3) is 0 Å². The molecule has 0 aliphatic rings. The smallest absolute Gasteiger partial charge is 0.324 e. The van der Waals surface area contributed by atoms with Gasteiger partial charge in [-0.1, -0.05) is 11.6 Å². The van der Waals surface area contributed by atoms with Crippen LogP contribution in [0.2, 0.25) is 5.02 Å². The molecule has 30 heavy (non-hydrogen) atoms. The Morgan fingerprint density at radius 1 is 1.03 bits per heavy atom. The molecule has 1 unspecified atom stereocenters. The molecular formula is C16H9ClF6N2O4S. The third kappa shape index (κ3) is 5.69. The molecule has 2 aromatic rings. The summed E-state index contributed by atoms with van der Waals surface area (Å²) in [6, 6.07) is 3.31. The number of anilines is 1. The molecule has 2 rings (SSSR count). The molecule has 0 bridgehead atoms. The number of carbonyl (C=O) groups excluding carboxylic acids is 1. The lowest BCUT2D eigenvalue weighted by atomic mass is 10.2. The standard InChI is InChI=1S/C16H9ClF6N2O4S/c17-10-3-1-8(15(18,19)20)5-11(10)24-14(26)7-30(29)13-4-2-9(16(21,22)23)6-12(13)25(27)28/h1-6H,7H2,(H,24,26). The first-order valence-electron chi connectivity index (χ1n) is 7.60. The van der Waals surface area contributed by atoms with E-state index in [4.69, 9.17) is 11.6 Å². The van der Waals surface area contributed by atoms with Gasteiger partial charge in [-0.2, -0.15) is 26.3 Å². The Bertz CT molecular complexity index is 1030. The summed E-state index contributed by atoms with van der Waals surface area (Å²) < 4.78 is 88.7. The minimum absolute atomic E-state index is 0.175. The molecule has 0 radical (unpaired) electrons. The second-order valence-electron chi connectivity index (χ2n) is 5.67. The molecule has 6 nitrogen and oxygen atoms in total. The van der Waals surface area contributed by atoms with Gasteiger partial charge in [-0.25, -0.2) is 0 Å². The van der Waals surface area contributed by atoms with E-state index in [1.54, 1.807) is 0 Å². The monoisotopic (exact) mass is 474 g/mol. The molecule has 162 valence electrons. The van der Waals surface area contributed by atoms with Crippen LogP contribution in [0.15, 0.2) is 41.3 Å². The van der Waals surface area contributed by atoms with Crippen molar-refractivity contribution in [2.24, 2.45) is 0 Å². The Balaban J connectivity index is 2.25. The van der Waals surface area contributed by atoms with Gasteiger partial charge in [0.1, 0.15) is 10.6 Å². The van der Waals surface area contributed by atoms with E-state index in [9.17, 15) is 45.5 Å². The van der Waals surface area contributed by atoms with Gasteiger partial charge < -0.3 is 5.32 Å². The van der Waals surface area contributed by atoms with E-state index in [2.05, 4.69) is 0 Å². The molecule has 0 fully saturated rings. The summed E-state index contributed by atoms with van der Waals surface area (Å²) >= 11 is 5.72. The van der Waals surface area contributed by atoms with E-state index in [1.165, 1.54) is 0 Å². The van der Waals surface area contributed by atoms with Gasteiger partial charge in [0, 0.05) is 6.07 Å². The SMILES string of the molecule is O=C(CS(=O)c1ccc(C(F)(F)F)cc1[N+](=O)[O-])Nc1cc(C(F)(F)F)ccc1Cl. The summed E-state index contributed by atoms with van der Waals surface area (Å²) in [5.74, 6) is -2.09. The van der Waals surface area contributed by atoms with Crippen molar-refractivity contribution in [1.29, 1.82) is 0 Å². The van der Waals surface area contributed by atoms with Gasteiger partial charge in [0.2, 0.25) is 5.91 Å². The maximum atomic E-state index is 12.8. The van der Waals surface area contributed by atoms with Crippen molar-refractivity contribution < 1.29 is 40.3 Å². The van der Waals surface area contributed by atoms with Gasteiger partial charge in [-0.05, 0) is 30.3 Å². The number of hydrogen-bond donors (Lipinski definition) is 1. The Hall–Kier alpha value is -2.67. The molecule has 0 aliphatic heterocycles. The van der Waals surface area contributed by atoms with E-state index in [1.807, 2.05) is 5.32 Å². The fraction of sp³-hybridized carbons (Fsp3) is 0.188. The lowest BCUT2D eigenvalue weighted by Gasteiger charge is -2.12. The van der Waals surface area contributed by atoms with Crippen molar-refractivity contribution in [3.8, 4) is 0 Å².